The highest BCUT2D eigenvalue weighted by Gasteiger charge is 2.36. The molecule has 0 fully saturated rings. The standard InChI is InChI=1S/C25H23ClFN3O2/c1-25(15-32-23(24(28)30-25)13-16-5-3-2-4-6-16)19-11-17(7-9-20(19)27)12-22(31)21-10-8-18(26)14-29-21/h2-11,14,23H,12-13,15H2,1H3,(H2,28,30)/t23-,25-/m0/s1. The summed E-state index contributed by atoms with van der Waals surface area (Å²) in [6, 6.07) is 17.6. The Kier molecular flexibility index (Phi) is 6.35. The number of Topliss-reactive ketones (excluding diaryl/α,β-unsaturated/α-hetero) is 1. The molecule has 2 atom stereocenters. The maximum atomic E-state index is 14.8. The molecule has 0 amide bonds. The number of hydrogen-bond donors (Lipinski definition) is 1. The van der Waals surface area contributed by atoms with Gasteiger partial charge in [0.1, 0.15) is 29.0 Å². The highest BCUT2D eigenvalue weighted by Crippen LogP contribution is 2.33. The van der Waals surface area contributed by atoms with Gasteiger partial charge in [-0.1, -0.05) is 48.0 Å². The Balaban J connectivity index is 1.55. The van der Waals surface area contributed by atoms with Gasteiger partial charge in [-0.15, -0.1) is 0 Å². The molecule has 0 radical (unpaired) electrons. The molecule has 3 aromatic rings. The zero-order valence-electron chi connectivity index (χ0n) is 17.6. The zero-order valence-corrected chi connectivity index (χ0v) is 18.3. The van der Waals surface area contributed by atoms with Gasteiger partial charge in [0.15, 0.2) is 5.78 Å². The molecule has 0 saturated heterocycles. The second-order valence-corrected chi connectivity index (χ2v) is 8.51. The summed E-state index contributed by atoms with van der Waals surface area (Å²) in [5.74, 6) is -0.279. The van der Waals surface area contributed by atoms with Gasteiger partial charge < -0.3 is 10.5 Å². The van der Waals surface area contributed by atoms with Crippen LogP contribution >= 0.6 is 11.6 Å². The molecule has 4 rings (SSSR count). The van der Waals surface area contributed by atoms with Crippen molar-refractivity contribution in [3.05, 3.63) is 100 Å². The molecular formula is C25H23ClFN3O2. The number of benzene rings is 2. The summed E-state index contributed by atoms with van der Waals surface area (Å²) in [5, 5.41) is 0.455. The topological polar surface area (TPSA) is 77.6 Å². The number of aliphatic imine (C=N–C) groups is 1. The lowest BCUT2D eigenvalue weighted by atomic mass is 9.89. The average Bonchev–Trinajstić information content (AvgIpc) is 2.78. The van der Waals surface area contributed by atoms with E-state index in [2.05, 4.69) is 9.98 Å². The molecule has 2 N–H and O–H groups in total. The molecule has 32 heavy (non-hydrogen) atoms. The number of aromatic nitrogens is 1. The quantitative estimate of drug-likeness (QED) is 0.559. The van der Waals surface area contributed by atoms with E-state index in [1.807, 2.05) is 30.3 Å². The highest BCUT2D eigenvalue weighted by molar-refractivity contribution is 6.30. The number of amidine groups is 1. The van der Waals surface area contributed by atoms with Crippen molar-refractivity contribution < 1.29 is 13.9 Å². The van der Waals surface area contributed by atoms with Crippen LogP contribution in [0.3, 0.4) is 0 Å². The first-order valence-corrected chi connectivity index (χ1v) is 10.7. The Bertz CT molecular complexity index is 1150. The Morgan fingerprint density at radius 1 is 1.19 bits per heavy atom. The number of halogens is 2. The van der Waals surface area contributed by atoms with Gasteiger partial charge >= 0.3 is 0 Å². The van der Waals surface area contributed by atoms with Crippen LogP contribution in [0.25, 0.3) is 0 Å². The van der Waals surface area contributed by atoms with Crippen LogP contribution < -0.4 is 5.73 Å². The van der Waals surface area contributed by atoms with Crippen LogP contribution in [0, 0.1) is 5.82 Å². The van der Waals surface area contributed by atoms with Crippen molar-refractivity contribution in [2.75, 3.05) is 6.61 Å². The molecule has 1 aliphatic rings. The van der Waals surface area contributed by atoms with Crippen molar-refractivity contribution in [1.82, 2.24) is 4.98 Å². The lowest BCUT2D eigenvalue weighted by molar-refractivity contribution is 0.0445. The smallest absolute Gasteiger partial charge is 0.185 e. The Morgan fingerprint density at radius 3 is 2.66 bits per heavy atom. The molecule has 7 heteroatoms. The Morgan fingerprint density at radius 2 is 1.97 bits per heavy atom. The maximum Gasteiger partial charge on any atom is 0.185 e. The van der Waals surface area contributed by atoms with Gasteiger partial charge in [-0.3, -0.25) is 14.8 Å². The summed E-state index contributed by atoms with van der Waals surface area (Å²) in [5.41, 5.74) is 7.63. The first-order valence-electron chi connectivity index (χ1n) is 10.3. The summed E-state index contributed by atoms with van der Waals surface area (Å²) < 4.78 is 20.8. The van der Waals surface area contributed by atoms with Crippen LogP contribution in [0.2, 0.25) is 5.02 Å². The minimum atomic E-state index is -0.987. The van der Waals surface area contributed by atoms with Crippen LogP contribution in [-0.2, 0) is 23.1 Å². The molecule has 0 aliphatic carbocycles. The van der Waals surface area contributed by atoms with E-state index in [-0.39, 0.29) is 24.9 Å². The van der Waals surface area contributed by atoms with Crippen molar-refractivity contribution in [3.63, 3.8) is 0 Å². The minimum Gasteiger partial charge on any atom is -0.385 e. The Labute approximate surface area is 191 Å². The number of ketones is 1. The molecule has 0 saturated carbocycles. The summed E-state index contributed by atoms with van der Waals surface area (Å²) in [6.45, 7) is 1.96. The van der Waals surface area contributed by atoms with Crippen molar-refractivity contribution in [3.8, 4) is 0 Å². The van der Waals surface area contributed by atoms with Crippen LogP contribution in [0.5, 0.6) is 0 Å². The summed E-state index contributed by atoms with van der Waals surface area (Å²) in [6.07, 6.45) is 1.73. The fraction of sp³-hybridized carbons (Fsp3) is 0.240. The van der Waals surface area contributed by atoms with E-state index in [1.165, 1.54) is 12.3 Å². The second kappa shape index (κ2) is 9.18. The number of nitrogens with two attached hydrogens (primary N) is 1. The third-order valence-corrected chi connectivity index (χ3v) is 5.75. The van der Waals surface area contributed by atoms with Gasteiger partial charge in [0.2, 0.25) is 0 Å². The highest BCUT2D eigenvalue weighted by atomic mass is 35.5. The Hall–Kier alpha value is -3.09. The lowest BCUT2D eigenvalue weighted by Gasteiger charge is -2.34. The van der Waals surface area contributed by atoms with E-state index in [0.717, 1.165) is 5.56 Å². The third kappa shape index (κ3) is 4.87. The summed E-state index contributed by atoms with van der Waals surface area (Å²) in [7, 11) is 0. The third-order valence-electron chi connectivity index (χ3n) is 5.52. The molecule has 164 valence electrons. The number of nitrogens with zero attached hydrogens (tertiary/aromatic N) is 2. The molecule has 2 aromatic carbocycles. The molecule has 2 heterocycles. The van der Waals surface area contributed by atoms with E-state index in [4.69, 9.17) is 22.1 Å². The molecule has 1 aromatic heterocycles. The largest absolute Gasteiger partial charge is 0.385 e. The monoisotopic (exact) mass is 451 g/mol. The first kappa shape index (κ1) is 22.1. The molecule has 0 bridgehead atoms. The van der Waals surface area contributed by atoms with E-state index >= 15 is 0 Å². The average molecular weight is 452 g/mol. The summed E-state index contributed by atoms with van der Waals surface area (Å²) in [4.78, 5) is 21.3. The molecular weight excluding hydrogens is 429 g/mol. The summed E-state index contributed by atoms with van der Waals surface area (Å²) >= 11 is 5.83. The second-order valence-electron chi connectivity index (χ2n) is 8.08. The number of pyridine rings is 1. The normalized spacial score (nSPS) is 20.6. The molecule has 1 aliphatic heterocycles. The number of carbonyl (C=O) groups is 1. The molecule has 5 nitrogen and oxygen atoms in total. The fourth-order valence-electron chi connectivity index (χ4n) is 3.78. The minimum absolute atomic E-state index is 0.0781. The van der Waals surface area contributed by atoms with Gasteiger partial charge in [0, 0.05) is 24.6 Å². The zero-order chi connectivity index (χ0) is 22.7. The van der Waals surface area contributed by atoms with Crippen molar-refractivity contribution in [1.29, 1.82) is 0 Å². The van der Waals surface area contributed by atoms with Crippen LogP contribution in [0.15, 0.2) is 71.9 Å². The predicted octanol–water partition coefficient (Wildman–Crippen LogP) is 4.51. The lowest BCUT2D eigenvalue weighted by Crippen LogP contribution is -2.45. The van der Waals surface area contributed by atoms with Crippen molar-refractivity contribution in [2.24, 2.45) is 10.7 Å². The van der Waals surface area contributed by atoms with E-state index in [9.17, 15) is 9.18 Å². The van der Waals surface area contributed by atoms with Gasteiger partial charge in [0.25, 0.3) is 0 Å². The number of ether oxygens (including phenoxy) is 1. The molecule has 0 spiro atoms. The van der Waals surface area contributed by atoms with Crippen LogP contribution in [-0.4, -0.2) is 29.3 Å². The number of hydrogen-bond acceptors (Lipinski definition) is 5. The van der Waals surface area contributed by atoms with E-state index in [1.54, 1.807) is 31.2 Å². The van der Waals surface area contributed by atoms with Gasteiger partial charge in [-0.05, 0) is 42.3 Å². The van der Waals surface area contributed by atoms with E-state index in [0.29, 0.717) is 34.1 Å². The first-order chi connectivity index (χ1) is 15.3. The number of carbonyl (C=O) groups excluding carboxylic acids is 1. The van der Waals surface area contributed by atoms with Crippen LogP contribution in [0.1, 0.15) is 34.1 Å². The SMILES string of the molecule is C[C@@]1(c2cc(CC(=O)c3ccc(Cl)cn3)ccc2F)CO[C@@H](Cc2ccccc2)C(N)=N1. The van der Waals surface area contributed by atoms with Crippen LogP contribution in [0.4, 0.5) is 4.39 Å². The van der Waals surface area contributed by atoms with E-state index < -0.39 is 11.4 Å². The van der Waals surface area contributed by atoms with Gasteiger partial charge in [-0.25, -0.2) is 4.39 Å². The van der Waals surface area contributed by atoms with Crippen molar-refractivity contribution >= 4 is 23.2 Å². The fourth-order valence-corrected chi connectivity index (χ4v) is 3.89. The van der Waals surface area contributed by atoms with Gasteiger partial charge in [-0.2, -0.15) is 0 Å². The van der Waals surface area contributed by atoms with Crippen molar-refractivity contribution in [2.45, 2.75) is 31.4 Å². The maximum absolute atomic E-state index is 14.8. The molecule has 0 unspecified atom stereocenters. The number of rotatable bonds is 6. The predicted molar refractivity (Wildman–Crippen MR) is 123 cm³/mol. The van der Waals surface area contributed by atoms with Gasteiger partial charge in [0.05, 0.1) is 11.6 Å².